The van der Waals surface area contributed by atoms with Crippen molar-refractivity contribution >= 4 is 0 Å². The maximum Gasteiger partial charge on any atom is 0.146 e. The summed E-state index contributed by atoms with van der Waals surface area (Å²) in [6, 6.07) is 43.4. The minimum atomic E-state index is -0.178. The highest BCUT2D eigenvalue weighted by molar-refractivity contribution is 5.15. The number of rotatable bonds is 0. The van der Waals surface area contributed by atoms with E-state index in [2.05, 4.69) is 19.1 Å². The third-order valence-electron chi connectivity index (χ3n) is 7.72. The minimum absolute atomic E-state index is 0.132. The molecule has 294 valence electrons. The van der Waals surface area contributed by atoms with Crippen molar-refractivity contribution in [2.24, 2.45) is 0 Å². The second-order valence-electron chi connectivity index (χ2n) is 12.7. The molecule has 6 heteroatoms. The van der Waals surface area contributed by atoms with E-state index in [0.29, 0.717) is 12.4 Å². The molecule has 0 atom stereocenters. The van der Waals surface area contributed by atoms with Crippen molar-refractivity contribution in [3.63, 3.8) is 0 Å². The summed E-state index contributed by atoms with van der Waals surface area (Å²) < 4.78 is 51.2. The van der Waals surface area contributed by atoms with Gasteiger partial charge < -0.3 is 14.2 Å². The molecule has 0 bridgehead atoms. The Morgan fingerprint density at radius 1 is 0.352 bits per heavy atom. The molecule has 0 spiro atoms. The lowest BCUT2D eigenvalue weighted by molar-refractivity contribution is -0.0963. The Morgan fingerprint density at radius 3 is 0.981 bits per heavy atom. The first-order chi connectivity index (χ1) is 26.4. The summed E-state index contributed by atoms with van der Waals surface area (Å²) in [6.07, 6.45) is 14.0. The summed E-state index contributed by atoms with van der Waals surface area (Å²) >= 11 is 0. The van der Waals surface area contributed by atoms with Crippen molar-refractivity contribution in [2.75, 3.05) is 33.2 Å². The van der Waals surface area contributed by atoms with Gasteiger partial charge in [0.2, 0.25) is 0 Å². The van der Waals surface area contributed by atoms with Crippen LogP contribution in [0.2, 0.25) is 0 Å². The Balaban J connectivity index is 0.000000309. The maximum absolute atomic E-state index is 12.3. The Bertz CT molecular complexity index is 1310. The van der Waals surface area contributed by atoms with E-state index >= 15 is 0 Å². The number of hydrogen-bond acceptors (Lipinski definition) is 3. The fourth-order valence-corrected chi connectivity index (χ4v) is 4.68. The Kier molecular flexibility index (Phi) is 31.7. The van der Waals surface area contributed by atoms with Crippen molar-refractivity contribution in [3.8, 4) is 0 Å². The zero-order valence-corrected chi connectivity index (χ0v) is 32.8. The van der Waals surface area contributed by atoms with Gasteiger partial charge in [0.1, 0.15) is 24.2 Å². The van der Waals surface area contributed by atoms with Crippen LogP contribution >= 0.6 is 0 Å². The maximum atomic E-state index is 12.3. The van der Waals surface area contributed by atoms with Crippen LogP contribution in [-0.2, 0) is 14.2 Å². The summed E-state index contributed by atoms with van der Waals surface area (Å²) in [6.45, 7) is 9.94. The van der Waals surface area contributed by atoms with Crippen molar-refractivity contribution in [1.29, 1.82) is 0 Å². The Morgan fingerprint density at radius 2 is 0.741 bits per heavy atom. The number of halogens is 3. The molecule has 3 nitrogen and oxygen atoms in total. The van der Waals surface area contributed by atoms with E-state index in [-0.39, 0.29) is 17.5 Å². The summed E-state index contributed by atoms with van der Waals surface area (Å²) in [5.41, 5.74) is 2.99. The largest absolute Gasteiger partial charge is 0.381 e. The van der Waals surface area contributed by atoms with Crippen LogP contribution < -0.4 is 0 Å². The highest BCUT2D eigenvalue weighted by Crippen LogP contribution is 2.15. The fraction of sp³-hybridized carbons (Fsp3) is 0.375. The van der Waals surface area contributed by atoms with E-state index in [1.165, 1.54) is 93.7 Å². The highest BCUT2D eigenvalue weighted by atomic mass is 19.1. The molecule has 0 unspecified atom stereocenters. The van der Waals surface area contributed by atoms with Crippen LogP contribution in [-0.4, -0.2) is 33.2 Å². The average Bonchev–Trinajstić information content (AvgIpc) is 3.24. The van der Waals surface area contributed by atoms with Gasteiger partial charge in [0.05, 0.1) is 13.2 Å². The van der Waals surface area contributed by atoms with Crippen LogP contribution in [0.1, 0.15) is 80.9 Å². The molecule has 2 aliphatic heterocycles. The van der Waals surface area contributed by atoms with Gasteiger partial charge in [-0.05, 0) is 87.9 Å². The van der Waals surface area contributed by atoms with E-state index in [1.807, 2.05) is 73.7 Å². The number of hydrogen-bond donors (Lipinski definition) is 0. The topological polar surface area (TPSA) is 27.7 Å². The smallest absolute Gasteiger partial charge is 0.146 e. The van der Waals surface area contributed by atoms with Crippen molar-refractivity contribution in [2.45, 2.75) is 85.0 Å². The van der Waals surface area contributed by atoms with Crippen LogP contribution in [0.5, 0.6) is 0 Å². The Labute approximate surface area is 324 Å². The van der Waals surface area contributed by atoms with Crippen molar-refractivity contribution in [3.05, 3.63) is 180 Å². The quantitative estimate of drug-likeness (QED) is 0.158. The number of aryl methyl sites for hydroxylation is 3. The molecule has 0 radical (unpaired) electrons. The zero-order valence-electron chi connectivity index (χ0n) is 32.8. The van der Waals surface area contributed by atoms with Crippen LogP contribution in [0.15, 0.2) is 146 Å². The second-order valence-corrected chi connectivity index (χ2v) is 12.7. The van der Waals surface area contributed by atoms with Gasteiger partial charge in [0.25, 0.3) is 0 Å². The molecule has 2 heterocycles. The van der Waals surface area contributed by atoms with E-state index in [1.54, 1.807) is 43.3 Å². The van der Waals surface area contributed by atoms with Gasteiger partial charge in [-0.3, -0.25) is 0 Å². The molecular formula is C48H63F3O3. The zero-order chi connectivity index (χ0) is 39.2. The summed E-state index contributed by atoms with van der Waals surface area (Å²) in [5.74, 6) is -0.472. The van der Waals surface area contributed by atoms with Gasteiger partial charge in [-0.25, -0.2) is 13.2 Å². The van der Waals surface area contributed by atoms with Gasteiger partial charge >= 0.3 is 0 Å². The van der Waals surface area contributed by atoms with Crippen molar-refractivity contribution in [1.82, 2.24) is 0 Å². The molecule has 8 rings (SSSR count). The third-order valence-corrected chi connectivity index (χ3v) is 7.72. The summed E-state index contributed by atoms with van der Waals surface area (Å²) in [7, 11) is 0. The van der Waals surface area contributed by atoms with Crippen molar-refractivity contribution < 1.29 is 27.4 Å². The summed E-state index contributed by atoms with van der Waals surface area (Å²) in [4.78, 5) is 0. The van der Waals surface area contributed by atoms with Crippen LogP contribution in [0.25, 0.3) is 0 Å². The summed E-state index contributed by atoms with van der Waals surface area (Å²) in [5, 5.41) is 0. The van der Waals surface area contributed by atoms with Gasteiger partial charge in [-0.2, -0.15) is 0 Å². The monoisotopic (exact) mass is 744 g/mol. The number of ether oxygens (including phenoxy) is 3. The predicted octanol–water partition coefficient (Wildman–Crippen LogP) is 13.7. The molecule has 0 N–H and O–H groups in total. The molecule has 54 heavy (non-hydrogen) atoms. The van der Waals surface area contributed by atoms with Crippen LogP contribution in [0.3, 0.4) is 0 Å². The number of benzene rings is 5. The van der Waals surface area contributed by atoms with Crippen LogP contribution in [0, 0.1) is 38.2 Å². The molecule has 0 aromatic heterocycles. The first kappa shape index (κ1) is 47.8. The average molecular weight is 745 g/mol. The fourth-order valence-electron chi connectivity index (χ4n) is 4.68. The van der Waals surface area contributed by atoms with E-state index in [0.717, 1.165) is 38.4 Å². The lowest BCUT2D eigenvalue weighted by Crippen LogP contribution is -2.11. The second kappa shape index (κ2) is 35.8. The minimum Gasteiger partial charge on any atom is -0.381 e. The first-order valence-electron chi connectivity index (χ1n) is 19.3. The molecule has 3 fully saturated rings. The van der Waals surface area contributed by atoms with E-state index in [9.17, 15) is 13.2 Å². The van der Waals surface area contributed by atoms with Gasteiger partial charge in [-0.1, -0.05) is 159 Å². The SMILES string of the molecule is C1CCCCC1.C1CCOCC1.C1COCOC1.Cc1cccc(F)c1.Cc1ccccc1.Cc1ccccc1F.Fc1ccccc1.c1ccccc1. The molecule has 5 aromatic rings. The van der Waals surface area contributed by atoms with E-state index in [4.69, 9.17) is 14.2 Å². The lowest BCUT2D eigenvalue weighted by atomic mass is 10.0. The van der Waals surface area contributed by atoms with Gasteiger partial charge in [-0.15, -0.1) is 0 Å². The molecular weight excluding hydrogens is 682 g/mol. The van der Waals surface area contributed by atoms with Gasteiger partial charge in [0, 0.05) is 13.2 Å². The molecule has 0 amide bonds. The molecule has 5 aromatic carbocycles. The molecule has 3 aliphatic rings. The third kappa shape index (κ3) is 32.4. The Hall–Kier alpha value is -4.23. The predicted molar refractivity (Wildman–Crippen MR) is 220 cm³/mol. The van der Waals surface area contributed by atoms with E-state index < -0.39 is 0 Å². The highest BCUT2D eigenvalue weighted by Gasteiger charge is 1.96. The molecule has 1 saturated carbocycles. The molecule has 2 saturated heterocycles. The van der Waals surface area contributed by atoms with Crippen LogP contribution in [0.4, 0.5) is 13.2 Å². The first-order valence-corrected chi connectivity index (χ1v) is 19.3. The lowest BCUT2D eigenvalue weighted by Gasteiger charge is -2.09. The van der Waals surface area contributed by atoms with Gasteiger partial charge in [0.15, 0.2) is 0 Å². The molecule has 1 aliphatic carbocycles. The standard InChI is InChI=1S/2C7H7F.C7H8.C6H5F.C6H12.C6H6.C5H10O.C4H8O2/c1-6-3-2-4-7(8)5-6;1-6-4-2-3-5-7(6)8;1-7-5-3-2-4-6-7;7-6-4-2-1-3-5-6;3*1-2-4-6-5-3-1;1-2-5-4-6-3-1/h2*2-5H,1H3;2-6H,1H3;1-5H;1-6H2;1-6H;1-5H2;1-4H2. The normalized spacial score (nSPS) is 13.9.